The van der Waals surface area contributed by atoms with Crippen LogP contribution in [0.4, 0.5) is 0 Å². The third-order valence-electron chi connectivity index (χ3n) is 2.06. The standard InChI is InChI=1S/C10H12BrN3S/c1-7-4-9(14(13-7)3-2-12)10-5-8(11)6-15-10/h4-6H,2-3,12H2,1H3. The maximum atomic E-state index is 5.56. The van der Waals surface area contributed by atoms with E-state index in [0.717, 1.165) is 22.4 Å². The number of nitrogens with two attached hydrogens (primary N) is 1. The van der Waals surface area contributed by atoms with Crippen LogP contribution in [0.15, 0.2) is 22.0 Å². The van der Waals surface area contributed by atoms with Crippen molar-refractivity contribution >= 4 is 27.3 Å². The van der Waals surface area contributed by atoms with Crippen LogP contribution in [0.2, 0.25) is 0 Å². The lowest BCUT2D eigenvalue weighted by Gasteiger charge is -2.02. The second-order valence-electron chi connectivity index (χ2n) is 3.31. The Labute approximate surface area is 101 Å². The Bertz CT molecular complexity index is 461. The molecule has 0 aromatic carbocycles. The second-order valence-corrected chi connectivity index (χ2v) is 5.14. The number of halogens is 1. The Balaban J connectivity index is 2.42. The number of aryl methyl sites for hydroxylation is 1. The normalized spacial score (nSPS) is 10.9. The smallest absolute Gasteiger partial charge is 0.0785 e. The molecule has 2 heterocycles. The maximum Gasteiger partial charge on any atom is 0.0785 e. The molecule has 3 nitrogen and oxygen atoms in total. The predicted octanol–water partition coefficient (Wildman–Crippen LogP) is 2.64. The van der Waals surface area contributed by atoms with Crippen LogP contribution < -0.4 is 5.73 Å². The molecule has 0 radical (unpaired) electrons. The SMILES string of the molecule is Cc1cc(-c2cc(Br)cs2)n(CCN)n1. The van der Waals surface area contributed by atoms with Gasteiger partial charge in [0.2, 0.25) is 0 Å². The molecule has 0 aliphatic carbocycles. The summed E-state index contributed by atoms with van der Waals surface area (Å²) < 4.78 is 3.08. The summed E-state index contributed by atoms with van der Waals surface area (Å²) in [6.45, 7) is 3.37. The monoisotopic (exact) mass is 285 g/mol. The van der Waals surface area contributed by atoms with Crippen molar-refractivity contribution in [3.8, 4) is 10.6 Å². The molecule has 2 rings (SSSR count). The van der Waals surface area contributed by atoms with Crippen LogP contribution in [0, 0.1) is 6.92 Å². The summed E-state index contributed by atoms with van der Waals surface area (Å²) in [4.78, 5) is 1.22. The summed E-state index contributed by atoms with van der Waals surface area (Å²) in [5.74, 6) is 0. The van der Waals surface area contributed by atoms with Crippen LogP contribution in [0.5, 0.6) is 0 Å². The van der Waals surface area contributed by atoms with Crippen LogP contribution >= 0.6 is 27.3 Å². The molecule has 0 spiro atoms. The number of rotatable bonds is 3. The molecule has 2 N–H and O–H groups in total. The minimum absolute atomic E-state index is 0.612. The largest absolute Gasteiger partial charge is 0.329 e. The van der Waals surface area contributed by atoms with Gasteiger partial charge in [0.25, 0.3) is 0 Å². The Morgan fingerprint density at radius 3 is 2.93 bits per heavy atom. The molecule has 0 unspecified atom stereocenters. The highest BCUT2D eigenvalue weighted by atomic mass is 79.9. The molecular formula is C10H12BrN3S. The van der Waals surface area contributed by atoms with Gasteiger partial charge in [-0.25, -0.2) is 0 Å². The van der Waals surface area contributed by atoms with Crippen molar-refractivity contribution in [3.63, 3.8) is 0 Å². The summed E-state index contributed by atoms with van der Waals surface area (Å²) in [6, 6.07) is 4.20. The highest BCUT2D eigenvalue weighted by Crippen LogP contribution is 2.30. The average Bonchev–Trinajstić information content (AvgIpc) is 2.73. The first-order valence-electron chi connectivity index (χ1n) is 4.69. The number of aromatic nitrogens is 2. The van der Waals surface area contributed by atoms with Crippen molar-refractivity contribution in [1.82, 2.24) is 9.78 Å². The third-order valence-corrected chi connectivity index (χ3v) is 3.78. The van der Waals surface area contributed by atoms with Crippen molar-refractivity contribution < 1.29 is 0 Å². The summed E-state index contributed by atoms with van der Waals surface area (Å²) in [5.41, 5.74) is 7.73. The average molecular weight is 286 g/mol. The van der Waals surface area contributed by atoms with Gasteiger partial charge in [0, 0.05) is 16.4 Å². The third kappa shape index (κ3) is 2.30. The molecule has 0 fully saturated rings. The highest BCUT2D eigenvalue weighted by molar-refractivity contribution is 9.10. The molecule has 2 aromatic heterocycles. The van der Waals surface area contributed by atoms with Crippen LogP contribution in [-0.4, -0.2) is 16.3 Å². The van der Waals surface area contributed by atoms with Crippen LogP contribution in [0.1, 0.15) is 5.69 Å². The maximum absolute atomic E-state index is 5.56. The first-order chi connectivity index (χ1) is 7.20. The Kier molecular flexibility index (Phi) is 3.23. The van der Waals surface area contributed by atoms with Gasteiger partial charge in [0.05, 0.1) is 22.8 Å². The lowest BCUT2D eigenvalue weighted by atomic mass is 10.3. The van der Waals surface area contributed by atoms with Crippen LogP contribution in [-0.2, 0) is 6.54 Å². The van der Waals surface area contributed by atoms with E-state index in [9.17, 15) is 0 Å². The molecule has 0 atom stereocenters. The van der Waals surface area contributed by atoms with E-state index in [1.807, 2.05) is 11.6 Å². The van der Waals surface area contributed by atoms with E-state index in [0.29, 0.717) is 6.54 Å². The lowest BCUT2D eigenvalue weighted by Crippen LogP contribution is -2.11. The quantitative estimate of drug-likeness (QED) is 0.942. The number of hydrogen-bond donors (Lipinski definition) is 1. The fraction of sp³-hybridized carbons (Fsp3) is 0.300. The summed E-state index contributed by atoms with van der Waals surface area (Å²) in [6.07, 6.45) is 0. The molecule has 80 valence electrons. The molecule has 0 amide bonds. The van der Waals surface area contributed by atoms with Gasteiger partial charge in [0.1, 0.15) is 0 Å². The van der Waals surface area contributed by atoms with Gasteiger partial charge < -0.3 is 5.73 Å². The number of thiophene rings is 1. The minimum atomic E-state index is 0.612. The molecule has 0 aliphatic heterocycles. The Morgan fingerprint density at radius 1 is 1.53 bits per heavy atom. The topological polar surface area (TPSA) is 43.8 Å². The summed E-state index contributed by atoms with van der Waals surface area (Å²) in [7, 11) is 0. The molecule has 0 aliphatic rings. The molecule has 15 heavy (non-hydrogen) atoms. The zero-order valence-electron chi connectivity index (χ0n) is 8.40. The van der Waals surface area contributed by atoms with Crippen molar-refractivity contribution in [1.29, 1.82) is 0 Å². The minimum Gasteiger partial charge on any atom is -0.329 e. The first kappa shape index (κ1) is 10.9. The molecule has 5 heteroatoms. The summed E-state index contributed by atoms with van der Waals surface area (Å²) in [5, 5.41) is 6.49. The molecule has 0 bridgehead atoms. The lowest BCUT2D eigenvalue weighted by molar-refractivity contribution is 0.627. The van der Waals surface area contributed by atoms with E-state index < -0.39 is 0 Å². The molecule has 0 saturated heterocycles. The number of hydrogen-bond acceptors (Lipinski definition) is 3. The van der Waals surface area contributed by atoms with Crippen molar-refractivity contribution in [2.75, 3.05) is 6.54 Å². The van der Waals surface area contributed by atoms with Crippen molar-refractivity contribution in [2.24, 2.45) is 5.73 Å². The van der Waals surface area contributed by atoms with E-state index in [1.165, 1.54) is 4.88 Å². The van der Waals surface area contributed by atoms with Crippen molar-refractivity contribution in [3.05, 3.63) is 27.7 Å². The van der Waals surface area contributed by atoms with Crippen molar-refractivity contribution in [2.45, 2.75) is 13.5 Å². The van der Waals surface area contributed by atoms with Crippen LogP contribution in [0.25, 0.3) is 10.6 Å². The number of nitrogens with zero attached hydrogens (tertiary/aromatic N) is 2. The van der Waals surface area contributed by atoms with E-state index in [1.54, 1.807) is 11.3 Å². The zero-order valence-corrected chi connectivity index (χ0v) is 10.8. The zero-order chi connectivity index (χ0) is 10.8. The van der Waals surface area contributed by atoms with Gasteiger partial charge in [-0.2, -0.15) is 5.10 Å². The predicted molar refractivity (Wildman–Crippen MR) is 67.0 cm³/mol. The van der Waals surface area contributed by atoms with Gasteiger partial charge in [-0.3, -0.25) is 4.68 Å². The van der Waals surface area contributed by atoms with E-state index >= 15 is 0 Å². The van der Waals surface area contributed by atoms with E-state index in [4.69, 9.17) is 5.73 Å². The van der Waals surface area contributed by atoms with Crippen LogP contribution in [0.3, 0.4) is 0 Å². The molecular weight excluding hydrogens is 274 g/mol. The second kappa shape index (κ2) is 4.47. The fourth-order valence-electron chi connectivity index (χ4n) is 1.48. The van der Waals surface area contributed by atoms with E-state index in [2.05, 4.69) is 38.5 Å². The fourth-order valence-corrected chi connectivity index (χ4v) is 2.93. The van der Waals surface area contributed by atoms with Gasteiger partial charge in [-0.15, -0.1) is 11.3 Å². The Morgan fingerprint density at radius 2 is 2.33 bits per heavy atom. The summed E-state index contributed by atoms with van der Waals surface area (Å²) >= 11 is 5.16. The van der Waals surface area contributed by atoms with Gasteiger partial charge in [-0.1, -0.05) is 0 Å². The Hall–Kier alpha value is -0.650. The van der Waals surface area contributed by atoms with Gasteiger partial charge in [-0.05, 0) is 35.0 Å². The molecule has 2 aromatic rings. The first-order valence-corrected chi connectivity index (χ1v) is 6.37. The van der Waals surface area contributed by atoms with Gasteiger partial charge >= 0.3 is 0 Å². The van der Waals surface area contributed by atoms with E-state index in [-0.39, 0.29) is 0 Å². The highest BCUT2D eigenvalue weighted by Gasteiger charge is 2.09. The van der Waals surface area contributed by atoms with Gasteiger partial charge in [0.15, 0.2) is 0 Å². The molecule has 0 saturated carbocycles.